The van der Waals surface area contributed by atoms with Crippen molar-refractivity contribution in [2.24, 2.45) is 0 Å². The number of nitrogens with one attached hydrogen (secondary N) is 3. The Morgan fingerprint density at radius 1 is 1.04 bits per heavy atom. The highest BCUT2D eigenvalue weighted by atomic mass is 16.2. The largest absolute Gasteiger partial charge is 0.376 e. The van der Waals surface area contributed by atoms with Gasteiger partial charge < -0.3 is 16.0 Å². The minimum Gasteiger partial charge on any atom is -0.376 e. The zero-order chi connectivity index (χ0) is 18.9. The molecule has 0 unspecified atom stereocenters. The van der Waals surface area contributed by atoms with E-state index in [2.05, 4.69) is 22.9 Å². The molecule has 0 aliphatic rings. The zero-order valence-corrected chi connectivity index (χ0v) is 15.7. The van der Waals surface area contributed by atoms with Crippen LogP contribution in [0, 0.1) is 13.8 Å². The Morgan fingerprint density at radius 2 is 1.85 bits per heavy atom. The third kappa shape index (κ3) is 5.92. The second-order valence-corrected chi connectivity index (χ2v) is 6.41. The summed E-state index contributed by atoms with van der Waals surface area (Å²) in [6.45, 7) is 6.88. The molecule has 2 rings (SSSR count). The summed E-state index contributed by atoms with van der Waals surface area (Å²) < 4.78 is 0. The molecular weight excluding hydrogens is 326 g/mol. The average Bonchev–Trinajstić information content (AvgIpc) is 2.63. The number of hydrogen-bond donors (Lipinski definition) is 3. The lowest BCUT2D eigenvalue weighted by Gasteiger charge is -2.11. The first-order valence-corrected chi connectivity index (χ1v) is 8.99. The van der Waals surface area contributed by atoms with Gasteiger partial charge in [0, 0.05) is 23.5 Å². The third-order valence-corrected chi connectivity index (χ3v) is 4.05. The lowest BCUT2D eigenvalue weighted by molar-refractivity contribution is -0.114. The van der Waals surface area contributed by atoms with E-state index in [4.69, 9.17) is 0 Å². The Kier molecular flexibility index (Phi) is 7.21. The normalized spacial score (nSPS) is 10.3. The van der Waals surface area contributed by atoms with Gasteiger partial charge in [-0.3, -0.25) is 9.59 Å². The zero-order valence-electron chi connectivity index (χ0n) is 15.7. The molecule has 0 saturated carbocycles. The van der Waals surface area contributed by atoms with Crippen LogP contribution in [-0.2, 0) is 4.79 Å². The smallest absolute Gasteiger partial charge is 0.251 e. The number of anilines is 2. The maximum absolute atomic E-state index is 12.2. The molecule has 2 amide bonds. The average molecular weight is 353 g/mol. The number of amides is 2. The first-order chi connectivity index (χ1) is 12.5. The second kappa shape index (κ2) is 9.61. The maximum Gasteiger partial charge on any atom is 0.251 e. The molecule has 0 atom stereocenters. The lowest BCUT2D eigenvalue weighted by atomic mass is 10.1. The topological polar surface area (TPSA) is 70.2 Å². The van der Waals surface area contributed by atoms with Crippen LogP contribution < -0.4 is 16.0 Å². The van der Waals surface area contributed by atoms with Crippen molar-refractivity contribution in [2.75, 3.05) is 23.7 Å². The highest BCUT2D eigenvalue weighted by molar-refractivity contribution is 5.96. The van der Waals surface area contributed by atoms with Gasteiger partial charge in [0.2, 0.25) is 5.91 Å². The number of hydrogen-bond acceptors (Lipinski definition) is 3. The van der Waals surface area contributed by atoms with E-state index >= 15 is 0 Å². The molecule has 0 bridgehead atoms. The van der Waals surface area contributed by atoms with Crippen molar-refractivity contribution in [1.82, 2.24) is 5.32 Å². The van der Waals surface area contributed by atoms with E-state index in [-0.39, 0.29) is 18.4 Å². The maximum atomic E-state index is 12.2. The summed E-state index contributed by atoms with van der Waals surface area (Å²) in [4.78, 5) is 24.3. The molecule has 0 aliphatic carbocycles. The molecule has 138 valence electrons. The van der Waals surface area contributed by atoms with E-state index < -0.39 is 0 Å². The number of benzene rings is 2. The molecule has 0 fully saturated rings. The predicted molar refractivity (Wildman–Crippen MR) is 107 cm³/mol. The third-order valence-electron chi connectivity index (χ3n) is 4.05. The van der Waals surface area contributed by atoms with E-state index in [1.807, 2.05) is 38.1 Å². The fourth-order valence-electron chi connectivity index (χ4n) is 2.58. The minimum absolute atomic E-state index is 0.0955. The standard InChI is InChI=1S/C21H27N3O2/c1-4-5-11-22-21(26)17-7-6-8-18(13-17)23-14-20(25)24-19-10-9-15(2)12-16(19)3/h6-10,12-13,23H,4-5,11,14H2,1-3H3,(H,22,26)(H,24,25). The van der Waals surface area contributed by atoms with Crippen LogP contribution in [0.1, 0.15) is 41.3 Å². The van der Waals surface area contributed by atoms with Crippen LogP contribution in [0.2, 0.25) is 0 Å². The summed E-state index contributed by atoms with van der Waals surface area (Å²) in [7, 11) is 0. The van der Waals surface area contributed by atoms with Crippen LogP contribution in [0.5, 0.6) is 0 Å². The predicted octanol–water partition coefficient (Wildman–Crippen LogP) is 3.88. The molecule has 0 saturated heterocycles. The van der Waals surface area contributed by atoms with E-state index in [9.17, 15) is 9.59 Å². The first-order valence-electron chi connectivity index (χ1n) is 8.99. The number of carbonyl (C=O) groups excluding carboxylic acids is 2. The van der Waals surface area contributed by atoms with Gasteiger partial charge >= 0.3 is 0 Å². The van der Waals surface area contributed by atoms with E-state index in [1.54, 1.807) is 18.2 Å². The van der Waals surface area contributed by atoms with Gasteiger partial charge in [0.1, 0.15) is 0 Å². The Morgan fingerprint density at radius 3 is 2.58 bits per heavy atom. The van der Waals surface area contributed by atoms with Crippen molar-refractivity contribution >= 4 is 23.2 Å². The Balaban J connectivity index is 1.89. The van der Waals surface area contributed by atoms with Gasteiger partial charge in [0.05, 0.1) is 6.54 Å². The number of rotatable bonds is 8. The van der Waals surface area contributed by atoms with Crippen LogP contribution in [0.15, 0.2) is 42.5 Å². The van der Waals surface area contributed by atoms with Gasteiger partial charge in [-0.1, -0.05) is 37.1 Å². The Labute approximate surface area is 155 Å². The molecule has 0 aliphatic heterocycles. The van der Waals surface area contributed by atoms with Crippen LogP contribution in [0.3, 0.4) is 0 Å². The second-order valence-electron chi connectivity index (χ2n) is 6.41. The number of unbranched alkanes of at least 4 members (excludes halogenated alkanes) is 1. The summed E-state index contributed by atoms with van der Waals surface area (Å²) >= 11 is 0. The summed E-state index contributed by atoms with van der Waals surface area (Å²) in [5.74, 6) is -0.225. The van der Waals surface area contributed by atoms with Gasteiger partial charge in [-0.05, 0) is 50.1 Å². The minimum atomic E-state index is -0.130. The van der Waals surface area contributed by atoms with Crippen molar-refractivity contribution in [1.29, 1.82) is 0 Å². The molecule has 3 N–H and O–H groups in total. The summed E-state index contributed by atoms with van der Waals surface area (Å²) in [6.07, 6.45) is 2.00. The summed E-state index contributed by atoms with van der Waals surface area (Å²) in [5.41, 5.74) is 4.33. The van der Waals surface area contributed by atoms with Crippen molar-refractivity contribution in [2.45, 2.75) is 33.6 Å². The van der Waals surface area contributed by atoms with Crippen LogP contribution >= 0.6 is 0 Å². The molecule has 5 nitrogen and oxygen atoms in total. The van der Waals surface area contributed by atoms with Crippen molar-refractivity contribution < 1.29 is 9.59 Å². The molecule has 0 spiro atoms. The highest BCUT2D eigenvalue weighted by Gasteiger charge is 2.08. The van der Waals surface area contributed by atoms with Gasteiger partial charge in [-0.15, -0.1) is 0 Å². The molecule has 0 aromatic heterocycles. The first kappa shape index (κ1) is 19.5. The van der Waals surface area contributed by atoms with Crippen molar-refractivity contribution in [3.8, 4) is 0 Å². The van der Waals surface area contributed by atoms with Crippen LogP contribution in [0.25, 0.3) is 0 Å². The van der Waals surface area contributed by atoms with Gasteiger partial charge in [-0.25, -0.2) is 0 Å². The molecule has 0 heterocycles. The Bertz CT molecular complexity index is 772. The quantitative estimate of drug-likeness (QED) is 0.631. The van der Waals surface area contributed by atoms with Gasteiger partial charge in [-0.2, -0.15) is 0 Å². The molecule has 0 radical (unpaired) electrons. The SMILES string of the molecule is CCCCNC(=O)c1cccc(NCC(=O)Nc2ccc(C)cc2C)c1. The van der Waals surface area contributed by atoms with Crippen molar-refractivity contribution in [3.63, 3.8) is 0 Å². The van der Waals surface area contributed by atoms with Gasteiger partial charge in [0.15, 0.2) is 0 Å². The molecule has 26 heavy (non-hydrogen) atoms. The molecule has 2 aromatic carbocycles. The van der Waals surface area contributed by atoms with Crippen molar-refractivity contribution in [3.05, 3.63) is 59.2 Å². The number of aryl methyl sites for hydroxylation is 2. The molecule has 2 aromatic rings. The fourth-order valence-corrected chi connectivity index (χ4v) is 2.58. The monoisotopic (exact) mass is 353 g/mol. The summed E-state index contributed by atoms with van der Waals surface area (Å²) in [5, 5.41) is 8.85. The van der Waals surface area contributed by atoms with E-state index in [0.717, 1.165) is 35.3 Å². The van der Waals surface area contributed by atoms with Crippen LogP contribution in [-0.4, -0.2) is 24.9 Å². The Hall–Kier alpha value is -2.82. The molecular formula is C21H27N3O2. The molecule has 5 heteroatoms. The fraction of sp³-hybridized carbons (Fsp3) is 0.333. The van der Waals surface area contributed by atoms with Crippen LogP contribution in [0.4, 0.5) is 11.4 Å². The van der Waals surface area contributed by atoms with Gasteiger partial charge in [0.25, 0.3) is 5.91 Å². The van der Waals surface area contributed by atoms with E-state index in [0.29, 0.717) is 12.1 Å². The summed E-state index contributed by atoms with van der Waals surface area (Å²) in [6, 6.07) is 13.1. The number of carbonyl (C=O) groups is 2. The van der Waals surface area contributed by atoms with E-state index in [1.165, 1.54) is 0 Å². The lowest BCUT2D eigenvalue weighted by Crippen LogP contribution is -2.25. The highest BCUT2D eigenvalue weighted by Crippen LogP contribution is 2.16.